The minimum Gasteiger partial charge on any atom is -0.507 e. The largest absolute Gasteiger partial charge is 0.507 e. The standard InChI is InChI=1S/C15H23IO/c1-14(2,3)11-7-10(9-16)8-12(13(11)17)15(4,5)6/h7-8,17H,9H2,1-6H3. The Morgan fingerprint density at radius 2 is 1.29 bits per heavy atom. The second-order valence-electron chi connectivity index (χ2n) is 6.67. The molecule has 96 valence electrons. The molecule has 17 heavy (non-hydrogen) atoms. The maximum absolute atomic E-state index is 10.5. The molecule has 0 aliphatic rings. The van der Waals surface area contributed by atoms with E-state index in [-0.39, 0.29) is 10.8 Å². The molecule has 0 unspecified atom stereocenters. The van der Waals surface area contributed by atoms with E-state index < -0.39 is 0 Å². The molecular formula is C15H23IO. The zero-order valence-electron chi connectivity index (χ0n) is 11.7. The Bertz CT molecular complexity index is 373. The molecule has 0 aliphatic heterocycles. The maximum atomic E-state index is 10.5. The lowest BCUT2D eigenvalue weighted by Gasteiger charge is -2.28. The third kappa shape index (κ3) is 3.36. The Morgan fingerprint density at radius 1 is 0.941 bits per heavy atom. The van der Waals surface area contributed by atoms with Crippen LogP contribution in [0.5, 0.6) is 5.75 Å². The van der Waals surface area contributed by atoms with Crippen LogP contribution in [-0.4, -0.2) is 5.11 Å². The summed E-state index contributed by atoms with van der Waals surface area (Å²) < 4.78 is 0.976. The van der Waals surface area contributed by atoms with Crippen molar-refractivity contribution in [2.24, 2.45) is 0 Å². The Morgan fingerprint density at radius 3 is 1.53 bits per heavy atom. The smallest absolute Gasteiger partial charge is 0.123 e. The third-order valence-corrected chi connectivity index (χ3v) is 3.82. The van der Waals surface area contributed by atoms with Crippen LogP contribution in [0.1, 0.15) is 58.2 Å². The van der Waals surface area contributed by atoms with E-state index in [9.17, 15) is 5.11 Å². The van der Waals surface area contributed by atoms with Crippen molar-refractivity contribution in [3.63, 3.8) is 0 Å². The lowest BCUT2D eigenvalue weighted by Crippen LogP contribution is -2.17. The molecule has 0 aliphatic carbocycles. The highest BCUT2D eigenvalue weighted by molar-refractivity contribution is 14.1. The molecule has 0 aromatic heterocycles. The van der Waals surface area contributed by atoms with Gasteiger partial charge in [-0.2, -0.15) is 0 Å². The second kappa shape index (κ2) is 4.79. The van der Waals surface area contributed by atoms with Gasteiger partial charge in [0.05, 0.1) is 0 Å². The quantitative estimate of drug-likeness (QED) is 0.565. The van der Waals surface area contributed by atoms with Crippen molar-refractivity contribution in [2.75, 3.05) is 0 Å². The van der Waals surface area contributed by atoms with Gasteiger partial charge in [-0.3, -0.25) is 0 Å². The van der Waals surface area contributed by atoms with Crippen LogP contribution in [0.4, 0.5) is 0 Å². The van der Waals surface area contributed by atoms with E-state index >= 15 is 0 Å². The number of phenolic OH excluding ortho intramolecular Hbond substituents is 1. The molecule has 0 atom stereocenters. The van der Waals surface area contributed by atoms with Crippen molar-refractivity contribution < 1.29 is 5.11 Å². The topological polar surface area (TPSA) is 20.2 Å². The maximum Gasteiger partial charge on any atom is 0.123 e. The number of alkyl halides is 1. The zero-order valence-corrected chi connectivity index (χ0v) is 13.8. The number of rotatable bonds is 1. The highest BCUT2D eigenvalue weighted by Crippen LogP contribution is 2.40. The van der Waals surface area contributed by atoms with E-state index in [1.807, 2.05) is 0 Å². The van der Waals surface area contributed by atoms with Crippen molar-refractivity contribution >= 4 is 22.6 Å². The van der Waals surface area contributed by atoms with Crippen LogP contribution in [0.3, 0.4) is 0 Å². The first-order valence-corrected chi connectivity index (χ1v) is 7.52. The van der Waals surface area contributed by atoms with Gasteiger partial charge in [0.2, 0.25) is 0 Å². The molecule has 1 aromatic carbocycles. The zero-order chi connectivity index (χ0) is 13.4. The van der Waals surface area contributed by atoms with E-state index in [0.29, 0.717) is 5.75 Å². The SMILES string of the molecule is CC(C)(C)c1cc(CI)cc(C(C)(C)C)c1O. The summed E-state index contributed by atoms with van der Waals surface area (Å²) in [4.78, 5) is 0. The summed E-state index contributed by atoms with van der Waals surface area (Å²) in [6, 6.07) is 4.27. The predicted octanol–water partition coefficient (Wildman–Crippen LogP) is 4.92. The fraction of sp³-hybridized carbons (Fsp3) is 0.600. The van der Waals surface area contributed by atoms with Gasteiger partial charge < -0.3 is 5.11 Å². The number of hydrogen-bond donors (Lipinski definition) is 1. The van der Waals surface area contributed by atoms with Gasteiger partial charge >= 0.3 is 0 Å². The lowest BCUT2D eigenvalue weighted by atomic mass is 9.78. The van der Waals surface area contributed by atoms with Crippen LogP contribution >= 0.6 is 22.6 Å². The summed E-state index contributed by atoms with van der Waals surface area (Å²) in [5.74, 6) is 0.471. The Hall–Kier alpha value is -0.250. The van der Waals surface area contributed by atoms with Gasteiger partial charge in [-0.25, -0.2) is 0 Å². The molecule has 1 aromatic rings. The summed E-state index contributed by atoms with van der Waals surface area (Å²) in [7, 11) is 0. The number of hydrogen-bond acceptors (Lipinski definition) is 1. The minimum atomic E-state index is -0.0219. The molecule has 0 heterocycles. The van der Waals surface area contributed by atoms with E-state index in [1.54, 1.807) is 0 Å². The normalized spacial score (nSPS) is 12.9. The number of halogens is 1. The Balaban J connectivity index is 3.53. The Labute approximate surface area is 119 Å². The van der Waals surface area contributed by atoms with Gasteiger partial charge in [0, 0.05) is 4.43 Å². The first-order chi connectivity index (χ1) is 7.57. The van der Waals surface area contributed by atoms with Crippen LogP contribution in [0.15, 0.2) is 12.1 Å². The van der Waals surface area contributed by atoms with Crippen LogP contribution in [-0.2, 0) is 15.3 Å². The van der Waals surface area contributed by atoms with E-state index in [1.165, 1.54) is 5.56 Å². The lowest BCUT2D eigenvalue weighted by molar-refractivity contribution is 0.423. The van der Waals surface area contributed by atoms with Gasteiger partial charge in [-0.05, 0) is 27.5 Å². The van der Waals surface area contributed by atoms with Crippen LogP contribution in [0.2, 0.25) is 0 Å². The summed E-state index contributed by atoms with van der Waals surface area (Å²) in [5, 5.41) is 10.5. The molecule has 0 bridgehead atoms. The van der Waals surface area contributed by atoms with Crippen molar-refractivity contribution in [3.8, 4) is 5.75 Å². The second-order valence-corrected chi connectivity index (χ2v) is 7.44. The summed E-state index contributed by atoms with van der Waals surface area (Å²) in [6.07, 6.45) is 0. The molecule has 1 nitrogen and oxygen atoms in total. The van der Waals surface area contributed by atoms with Crippen molar-refractivity contribution in [2.45, 2.75) is 56.8 Å². The molecule has 0 saturated carbocycles. The molecule has 0 fully saturated rings. The molecule has 2 heteroatoms. The molecule has 0 saturated heterocycles. The van der Waals surface area contributed by atoms with Gasteiger partial charge in [0.15, 0.2) is 0 Å². The summed E-state index contributed by atoms with van der Waals surface area (Å²) in [5.41, 5.74) is 3.35. The first kappa shape index (κ1) is 14.8. The van der Waals surface area contributed by atoms with E-state index in [2.05, 4.69) is 76.3 Å². The molecule has 0 spiro atoms. The van der Waals surface area contributed by atoms with Crippen LogP contribution < -0.4 is 0 Å². The fourth-order valence-electron chi connectivity index (χ4n) is 1.91. The number of phenols is 1. The van der Waals surface area contributed by atoms with E-state index in [4.69, 9.17) is 0 Å². The van der Waals surface area contributed by atoms with Gasteiger partial charge in [-0.15, -0.1) is 0 Å². The highest BCUT2D eigenvalue weighted by Gasteiger charge is 2.26. The molecule has 1 N–H and O–H groups in total. The first-order valence-electron chi connectivity index (χ1n) is 6.00. The van der Waals surface area contributed by atoms with Crippen LogP contribution in [0.25, 0.3) is 0 Å². The minimum absolute atomic E-state index is 0.0219. The Kier molecular flexibility index (Phi) is 4.17. The van der Waals surface area contributed by atoms with Gasteiger partial charge in [0.1, 0.15) is 5.75 Å². The molecule has 0 radical (unpaired) electrons. The molecule has 0 amide bonds. The van der Waals surface area contributed by atoms with E-state index in [0.717, 1.165) is 15.6 Å². The monoisotopic (exact) mass is 346 g/mol. The highest BCUT2D eigenvalue weighted by atomic mass is 127. The average Bonchev–Trinajstić information content (AvgIpc) is 2.14. The number of aromatic hydroxyl groups is 1. The fourth-order valence-corrected chi connectivity index (χ4v) is 2.36. The average molecular weight is 346 g/mol. The predicted molar refractivity (Wildman–Crippen MR) is 83.2 cm³/mol. The van der Waals surface area contributed by atoms with Crippen LogP contribution in [0, 0.1) is 0 Å². The van der Waals surface area contributed by atoms with Gasteiger partial charge in [-0.1, -0.05) is 76.3 Å². The molecular weight excluding hydrogens is 323 g/mol. The molecule has 1 rings (SSSR count). The summed E-state index contributed by atoms with van der Waals surface area (Å²) >= 11 is 2.37. The van der Waals surface area contributed by atoms with Crippen molar-refractivity contribution in [1.82, 2.24) is 0 Å². The third-order valence-electron chi connectivity index (χ3n) is 2.94. The van der Waals surface area contributed by atoms with Gasteiger partial charge in [0.25, 0.3) is 0 Å². The van der Waals surface area contributed by atoms with Crippen molar-refractivity contribution in [1.29, 1.82) is 0 Å². The summed E-state index contributed by atoms with van der Waals surface area (Å²) in [6.45, 7) is 12.9. The van der Waals surface area contributed by atoms with Crippen molar-refractivity contribution in [3.05, 3.63) is 28.8 Å². The number of benzene rings is 1.